The minimum absolute atomic E-state index is 0.647. The Morgan fingerprint density at radius 3 is 2.35 bits per heavy atom. The molecule has 0 saturated carbocycles. The van der Waals surface area contributed by atoms with Crippen LogP contribution < -0.4 is 5.32 Å². The van der Waals surface area contributed by atoms with Crippen LogP contribution in [0.25, 0.3) is 0 Å². The fourth-order valence-corrected chi connectivity index (χ4v) is 4.59. The van der Waals surface area contributed by atoms with E-state index in [1.54, 1.807) is 0 Å². The summed E-state index contributed by atoms with van der Waals surface area (Å²) in [7, 11) is 0. The second-order valence-corrected chi connectivity index (χ2v) is 9.61. The highest BCUT2D eigenvalue weighted by Gasteiger charge is 2.15. The molecule has 3 aromatic carbocycles. The maximum atomic E-state index is 6.48. The number of aryl methyl sites for hydroxylation is 3. The van der Waals surface area contributed by atoms with E-state index >= 15 is 0 Å². The predicted molar refractivity (Wildman–Crippen MR) is 148 cm³/mol. The van der Waals surface area contributed by atoms with Gasteiger partial charge in [0.25, 0.3) is 0 Å². The van der Waals surface area contributed by atoms with Gasteiger partial charge in [-0.1, -0.05) is 71.8 Å². The number of anilines is 1. The average Bonchev–Trinajstić information content (AvgIpc) is 3.24. The number of aromatic nitrogens is 1. The molecule has 0 amide bonds. The third-order valence-corrected chi connectivity index (χ3v) is 6.66. The van der Waals surface area contributed by atoms with E-state index < -0.39 is 0 Å². The van der Waals surface area contributed by atoms with Gasteiger partial charge in [-0.05, 0) is 79.5 Å². The van der Waals surface area contributed by atoms with Gasteiger partial charge in [-0.3, -0.25) is 0 Å². The Morgan fingerprint density at radius 2 is 1.62 bits per heavy atom. The van der Waals surface area contributed by atoms with Gasteiger partial charge in [0.15, 0.2) is 5.11 Å². The molecule has 1 N–H and O–H groups in total. The first-order chi connectivity index (χ1) is 16.4. The molecule has 0 atom stereocenters. The van der Waals surface area contributed by atoms with Crippen LogP contribution in [0.2, 0.25) is 5.02 Å². The lowest BCUT2D eigenvalue weighted by molar-refractivity contribution is 0.399. The van der Waals surface area contributed by atoms with Crippen molar-refractivity contribution in [2.24, 2.45) is 0 Å². The lowest BCUT2D eigenvalue weighted by atomic mass is 10.1. The van der Waals surface area contributed by atoms with Gasteiger partial charge >= 0.3 is 0 Å². The Labute approximate surface area is 213 Å². The first-order valence-electron chi connectivity index (χ1n) is 11.4. The smallest absolute Gasteiger partial charge is 0.174 e. The Morgan fingerprint density at radius 1 is 0.882 bits per heavy atom. The zero-order valence-corrected chi connectivity index (χ0v) is 21.5. The number of nitrogens with one attached hydrogen (secondary N) is 1. The fraction of sp³-hybridized carbons (Fsp3) is 0.207. The molecule has 0 fully saturated rings. The number of halogens is 1. The number of nitrogens with zero attached hydrogens (tertiary/aromatic N) is 2. The summed E-state index contributed by atoms with van der Waals surface area (Å²) in [5, 5.41) is 4.68. The highest BCUT2D eigenvalue weighted by molar-refractivity contribution is 7.80. The van der Waals surface area contributed by atoms with Gasteiger partial charge in [0, 0.05) is 25.0 Å². The predicted octanol–water partition coefficient (Wildman–Crippen LogP) is 7.51. The lowest BCUT2D eigenvalue weighted by Gasteiger charge is -2.27. The van der Waals surface area contributed by atoms with Gasteiger partial charge in [-0.15, -0.1) is 0 Å². The molecule has 174 valence electrons. The third-order valence-electron chi connectivity index (χ3n) is 5.98. The zero-order valence-electron chi connectivity index (χ0n) is 19.9. The Balaban J connectivity index is 1.57. The molecule has 1 aromatic heterocycles. The number of hydrogen-bond acceptors (Lipinski definition) is 1. The van der Waals surface area contributed by atoms with E-state index in [1.165, 1.54) is 27.9 Å². The van der Waals surface area contributed by atoms with Crippen molar-refractivity contribution < 1.29 is 0 Å². The molecule has 0 saturated heterocycles. The summed E-state index contributed by atoms with van der Waals surface area (Å²) in [6.07, 6.45) is 2.14. The van der Waals surface area contributed by atoms with Crippen molar-refractivity contribution in [2.45, 2.75) is 40.4 Å². The van der Waals surface area contributed by atoms with E-state index in [9.17, 15) is 0 Å². The van der Waals surface area contributed by atoms with E-state index in [0.29, 0.717) is 23.2 Å². The minimum Gasteiger partial charge on any atom is -0.345 e. The molecule has 0 aliphatic rings. The molecular formula is C29H30ClN3S. The average molecular weight is 488 g/mol. The van der Waals surface area contributed by atoms with Crippen LogP contribution >= 0.6 is 23.8 Å². The highest BCUT2D eigenvalue weighted by atomic mass is 35.5. The number of benzene rings is 3. The molecule has 5 heteroatoms. The quantitative estimate of drug-likeness (QED) is 0.272. The summed E-state index contributed by atoms with van der Waals surface area (Å²) in [4.78, 5) is 2.19. The van der Waals surface area contributed by atoms with Crippen LogP contribution in [-0.4, -0.2) is 14.6 Å². The van der Waals surface area contributed by atoms with Gasteiger partial charge in [0.05, 0.1) is 17.3 Å². The summed E-state index contributed by atoms with van der Waals surface area (Å²) >= 11 is 12.4. The molecule has 0 radical (unpaired) electrons. The van der Waals surface area contributed by atoms with Crippen LogP contribution in [0.5, 0.6) is 0 Å². The van der Waals surface area contributed by atoms with Crippen molar-refractivity contribution in [1.29, 1.82) is 0 Å². The Hall–Kier alpha value is -3.08. The molecule has 4 rings (SSSR count). The minimum atomic E-state index is 0.647. The summed E-state index contributed by atoms with van der Waals surface area (Å²) in [5.74, 6) is 0. The van der Waals surface area contributed by atoms with Crippen molar-refractivity contribution in [3.63, 3.8) is 0 Å². The molecule has 0 spiro atoms. The first-order valence-corrected chi connectivity index (χ1v) is 12.2. The van der Waals surface area contributed by atoms with Crippen LogP contribution in [0.3, 0.4) is 0 Å². The second-order valence-electron chi connectivity index (χ2n) is 8.81. The Bertz CT molecular complexity index is 1280. The van der Waals surface area contributed by atoms with Crippen LogP contribution in [0, 0.1) is 20.8 Å². The maximum Gasteiger partial charge on any atom is 0.174 e. The molecule has 0 unspecified atom stereocenters. The molecule has 0 aliphatic heterocycles. The fourth-order valence-electron chi connectivity index (χ4n) is 4.07. The molecule has 4 aromatic rings. The van der Waals surface area contributed by atoms with Crippen molar-refractivity contribution in [2.75, 3.05) is 5.32 Å². The van der Waals surface area contributed by atoms with Crippen molar-refractivity contribution in [3.8, 4) is 0 Å². The van der Waals surface area contributed by atoms with Gasteiger partial charge in [-0.2, -0.15) is 0 Å². The highest BCUT2D eigenvalue weighted by Crippen LogP contribution is 2.24. The van der Waals surface area contributed by atoms with Crippen molar-refractivity contribution in [1.82, 2.24) is 9.47 Å². The Kier molecular flexibility index (Phi) is 7.71. The molecule has 34 heavy (non-hydrogen) atoms. The van der Waals surface area contributed by atoms with Crippen molar-refractivity contribution in [3.05, 3.63) is 124 Å². The van der Waals surface area contributed by atoms with Crippen molar-refractivity contribution >= 4 is 34.6 Å². The molecule has 0 aliphatic carbocycles. The molecule has 0 bridgehead atoms. The molecule has 1 heterocycles. The van der Waals surface area contributed by atoms with Gasteiger partial charge in [0.2, 0.25) is 0 Å². The van der Waals surface area contributed by atoms with E-state index in [-0.39, 0.29) is 0 Å². The SMILES string of the molecule is Cc1ccc(Cn2cccc2CN(Cc2ccccc2)C(=S)Nc2ccc(C)cc2Cl)c(C)c1. The van der Waals surface area contributed by atoms with E-state index in [4.69, 9.17) is 23.8 Å². The topological polar surface area (TPSA) is 20.2 Å². The van der Waals surface area contributed by atoms with Crippen LogP contribution in [-0.2, 0) is 19.6 Å². The molecule has 3 nitrogen and oxygen atoms in total. The first kappa shape index (κ1) is 24.1. The number of thiocarbonyl (C=S) groups is 1. The van der Waals surface area contributed by atoms with E-state index in [2.05, 4.69) is 89.4 Å². The van der Waals surface area contributed by atoms with E-state index in [0.717, 1.165) is 17.8 Å². The summed E-state index contributed by atoms with van der Waals surface area (Å²) in [6.45, 7) is 8.55. The van der Waals surface area contributed by atoms with Gasteiger partial charge < -0.3 is 14.8 Å². The summed E-state index contributed by atoms with van der Waals surface area (Å²) in [5.41, 5.74) is 8.27. The number of hydrogen-bond donors (Lipinski definition) is 1. The molecular weight excluding hydrogens is 458 g/mol. The normalized spacial score (nSPS) is 10.8. The number of rotatable bonds is 7. The standard InChI is InChI=1S/C29H30ClN3S/c1-21-11-13-25(23(3)16-21)19-32-15-7-10-26(32)20-33(18-24-8-5-4-6-9-24)29(34)31-28-14-12-22(2)17-27(28)30/h4-17H,18-20H2,1-3H3,(H,31,34). The lowest BCUT2D eigenvalue weighted by Crippen LogP contribution is -2.34. The zero-order chi connectivity index (χ0) is 24.1. The summed E-state index contributed by atoms with van der Waals surface area (Å²) < 4.78 is 2.30. The van der Waals surface area contributed by atoms with Gasteiger partial charge in [-0.25, -0.2) is 0 Å². The largest absolute Gasteiger partial charge is 0.345 e. The van der Waals surface area contributed by atoms with Gasteiger partial charge in [0.1, 0.15) is 0 Å². The second kappa shape index (κ2) is 10.9. The third kappa shape index (κ3) is 6.07. The van der Waals surface area contributed by atoms with Crippen LogP contribution in [0.15, 0.2) is 85.1 Å². The van der Waals surface area contributed by atoms with Crippen LogP contribution in [0.4, 0.5) is 5.69 Å². The summed E-state index contributed by atoms with van der Waals surface area (Å²) in [6, 6.07) is 27.3. The monoisotopic (exact) mass is 487 g/mol. The van der Waals surface area contributed by atoms with E-state index in [1.807, 2.05) is 31.2 Å². The van der Waals surface area contributed by atoms with Crippen LogP contribution in [0.1, 0.15) is 33.5 Å². The maximum absolute atomic E-state index is 6.48.